The van der Waals surface area contributed by atoms with Crippen molar-refractivity contribution < 1.29 is 23.8 Å². The van der Waals surface area contributed by atoms with Gasteiger partial charge in [0, 0.05) is 25.6 Å². The lowest BCUT2D eigenvalue weighted by molar-refractivity contribution is -0.140. The highest BCUT2D eigenvalue weighted by Crippen LogP contribution is 2.18. The molecule has 7 heteroatoms. The molecule has 0 aromatic heterocycles. The Bertz CT molecular complexity index is 586. The van der Waals surface area contributed by atoms with Crippen LogP contribution in [-0.2, 0) is 9.59 Å². The van der Waals surface area contributed by atoms with E-state index in [-0.39, 0.29) is 24.3 Å². The number of carbonyl (C=O) groups excluding carboxylic acids is 1. The first-order valence-corrected chi connectivity index (χ1v) is 9.11. The van der Waals surface area contributed by atoms with Gasteiger partial charge in [0.15, 0.2) is 0 Å². The standard InChI is InChI=1S/C19H27FN2O4/c1-2-21(14-19(24)25)16-9-11-22(12-10-16)18(23)4-3-13-26-17-7-5-15(20)6-8-17/h5-8,16H,2-4,9-14H2,1H3,(H,24,25). The van der Waals surface area contributed by atoms with Crippen LogP contribution < -0.4 is 4.74 Å². The monoisotopic (exact) mass is 366 g/mol. The molecule has 1 N–H and O–H groups in total. The van der Waals surface area contributed by atoms with Gasteiger partial charge in [-0.05, 0) is 50.1 Å². The number of carboxylic acid groups (broad SMARTS) is 1. The zero-order valence-electron chi connectivity index (χ0n) is 15.2. The van der Waals surface area contributed by atoms with Gasteiger partial charge in [0.1, 0.15) is 11.6 Å². The van der Waals surface area contributed by atoms with Crippen LogP contribution in [0.15, 0.2) is 24.3 Å². The van der Waals surface area contributed by atoms with Crippen LogP contribution in [0.2, 0.25) is 0 Å². The normalized spacial score (nSPS) is 15.3. The topological polar surface area (TPSA) is 70.1 Å². The van der Waals surface area contributed by atoms with Crippen LogP contribution in [0.5, 0.6) is 5.75 Å². The largest absolute Gasteiger partial charge is 0.494 e. The highest BCUT2D eigenvalue weighted by molar-refractivity contribution is 5.76. The summed E-state index contributed by atoms with van der Waals surface area (Å²) in [6.45, 7) is 4.45. The third kappa shape index (κ3) is 6.29. The van der Waals surface area contributed by atoms with Crippen molar-refractivity contribution in [2.24, 2.45) is 0 Å². The summed E-state index contributed by atoms with van der Waals surface area (Å²) < 4.78 is 18.3. The quantitative estimate of drug-likeness (QED) is 0.680. The number of likely N-dealkylation sites (tertiary alicyclic amines) is 1. The molecule has 0 spiro atoms. The molecule has 144 valence electrons. The molecular weight excluding hydrogens is 339 g/mol. The molecule has 2 rings (SSSR count). The third-order valence-corrected chi connectivity index (χ3v) is 4.70. The Labute approximate surface area is 153 Å². The predicted molar refractivity (Wildman–Crippen MR) is 95.6 cm³/mol. The minimum absolute atomic E-state index is 0.0514. The van der Waals surface area contributed by atoms with Gasteiger partial charge < -0.3 is 14.7 Å². The van der Waals surface area contributed by atoms with Gasteiger partial charge in [-0.1, -0.05) is 6.92 Å². The van der Waals surface area contributed by atoms with Crippen molar-refractivity contribution in [3.05, 3.63) is 30.1 Å². The first-order chi connectivity index (χ1) is 12.5. The minimum Gasteiger partial charge on any atom is -0.494 e. The molecule has 1 saturated heterocycles. The minimum atomic E-state index is -0.813. The molecule has 0 bridgehead atoms. The molecule has 1 aromatic rings. The summed E-state index contributed by atoms with van der Waals surface area (Å²) in [6.07, 6.45) is 2.63. The number of likely N-dealkylation sites (N-methyl/N-ethyl adjacent to an activating group) is 1. The van der Waals surface area contributed by atoms with Gasteiger partial charge in [-0.2, -0.15) is 0 Å². The fourth-order valence-corrected chi connectivity index (χ4v) is 3.26. The van der Waals surface area contributed by atoms with Crippen LogP contribution in [-0.4, -0.2) is 65.6 Å². The second-order valence-corrected chi connectivity index (χ2v) is 6.47. The first-order valence-electron chi connectivity index (χ1n) is 9.11. The molecule has 1 heterocycles. The zero-order valence-corrected chi connectivity index (χ0v) is 15.2. The highest BCUT2D eigenvalue weighted by atomic mass is 19.1. The van der Waals surface area contributed by atoms with E-state index in [2.05, 4.69) is 0 Å². The molecule has 6 nitrogen and oxygen atoms in total. The lowest BCUT2D eigenvalue weighted by Crippen LogP contribution is -2.48. The number of piperidine rings is 1. The summed E-state index contributed by atoms with van der Waals surface area (Å²) in [4.78, 5) is 27.0. The molecule has 0 radical (unpaired) electrons. The van der Waals surface area contributed by atoms with Crippen molar-refractivity contribution >= 4 is 11.9 Å². The smallest absolute Gasteiger partial charge is 0.317 e. The van der Waals surface area contributed by atoms with Crippen LogP contribution in [0.25, 0.3) is 0 Å². The van der Waals surface area contributed by atoms with Gasteiger partial charge in [0.25, 0.3) is 0 Å². The van der Waals surface area contributed by atoms with Crippen LogP contribution in [0.1, 0.15) is 32.6 Å². The third-order valence-electron chi connectivity index (χ3n) is 4.70. The number of halogens is 1. The number of carbonyl (C=O) groups is 2. The Kier molecular flexibility index (Phi) is 7.84. The molecule has 1 aromatic carbocycles. The lowest BCUT2D eigenvalue weighted by Gasteiger charge is -2.37. The van der Waals surface area contributed by atoms with Gasteiger partial charge in [-0.25, -0.2) is 4.39 Å². The number of nitrogens with zero attached hydrogens (tertiary/aromatic N) is 2. The van der Waals surface area contributed by atoms with E-state index >= 15 is 0 Å². The van der Waals surface area contributed by atoms with E-state index < -0.39 is 5.97 Å². The number of hydrogen-bond acceptors (Lipinski definition) is 4. The summed E-state index contributed by atoms with van der Waals surface area (Å²) in [7, 11) is 0. The predicted octanol–water partition coefficient (Wildman–Crippen LogP) is 2.38. The lowest BCUT2D eigenvalue weighted by atomic mass is 10.0. The van der Waals surface area contributed by atoms with E-state index in [4.69, 9.17) is 9.84 Å². The van der Waals surface area contributed by atoms with Crippen molar-refractivity contribution in [3.63, 3.8) is 0 Å². The summed E-state index contributed by atoms with van der Waals surface area (Å²) in [5.41, 5.74) is 0. The second-order valence-electron chi connectivity index (χ2n) is 6.47. The SMILES string of the molecule is CCN(CC(=O)O)C1CCN(C(=O)CCCOc2ccc(F)cc2)CC1. The number of aliphatic carboxylic acids is 1. The average molecular weight is 366 g/mol. The van der Waals surface area contributed by atoms with Crippen molar-refractivity contribution in [2.75, 3.05) is 32.8 Å². The Hall–Kier alpha value is -2.15. The van der Waals surface area contributed by atoms with Gasteiger partial charge in [0.05, 0.1) is 13.2 Å². The van der Waals surface area contributed by atoms with Crippen LogP contribution >= 0.6 is 0 Å². The average Bonchev–Trinajstić information content (AvgIpc) is 2.64. The van der Waals surface area contributed by atoms with E-state index in [1.165, 1.54) is 12.1 Å². The zero-order chi connectivity index (χ0) is 18.9. The van der Waals surface area contributed by atoms with E-state index in [9.17, 15) is 14.0 Å². The number of carboxylic acids is 1. The maximum absolute atomic E-state index is 12.8. The Morgan fingerprint density at radius 1 is 1.27 bits per heavy atom. The number of benzene rings is 1. The summed E-state index contributed by atoms with van der Waals surface area (Å²) in [6, 6.07) is 6.04. The Balaban J connectivity index is 1.66. The first kappa shape index (κ1) is 20.2. The molecular formula is C19H27FN2O4. The number of amides is 1. The van der Waals surface area contributed by atoms with Gasteiger partial charge in [-0.3, -0.25) is 14.5 Å². The van der Waals surface area contributed by atoms with Crippen molar-refractivity contribution in [3.8, 4) is 5.75 Å². The van der Waals surface area contributed by atoms with Crippen molar-refractivity contribution in [1.82, 2.24) is 9.80 Å². The van der Waals surface area contributed by atoms with E-state index in [0.29, 0.717) is 44.8 Å². The van der Waals surface area contributed by atoms with Crippen LogP contribution in [0, 0.1) is 5.82 Å². The number of ether oxygens (including phenoxy) is 1. The molecule has 1 aliphatic rings. The van der Waals surface area contributed by atoms with Gasteiger partial charge in [-0.15, -0.1) is 0 Å². The molecule has 0 unspecified atom stereocenters. The molecule has 1 amide bonds. The van der Waals surface area contributed by atoms with E-state index in [1.54, 1.807) is 12.1 Å². The molecule has 1 fully saturated rings. The van der Waals surface area contributed by atoms with E-state index in [1.807, 2.05) is 16.7 Å². The summed E-state index contributed by atoms with van der Waals surface area (Å²) in [5.74, 6) is -0.419. The van der Waals surface area contributed by atoms with Crippen LogP contribution in [0.4, 0.5) is 4.39 Å². The fraction of sp³-hybridized carbons (Fsp3) is 0.579. The van der Waals surface area contributed by atoms with Crippen LogP contribution in [0.3, 0.4) is 0 Å². The highest BCUT2D eigenvalue weighted by Gasteiger charge is 2.26. The summed E-state index contributed by atoms with van der Waals surface area (Å²) >= 11 is 0. The maximum Gasteiger partial charge on any atom is 0.317 e. The van der Waals surface area contributed by atoms with Gasteiger partial charge >= 0.3 is 5.97 Å². The second kappa shape index (κ2) is 10.1. The molecule has 26 heavy (non-hydrogen) atoms. The Morgan fingerprint density at radius 3 is 2.50 bits per heavy atom. The Morgan fingerprint density at radius 2 is 1.92 bits per heavy atom. The number of hydrogen-bond donors (Lipinski definition) is 1. The molecule has 0 saturated carbocycles. The van der Waals surface area contributed by atoms with E-state index in [0.717, 1.165) is 12.8 Å². The van der Waals surface area contributed by atoms with Crippen molar-refractivity contribution in [2.45, 2.75) is 38.6 Å². The summed E-state index contributed by atoms with van der Waals surface area (Å²) in [5, 5.41) is 8.97. The number of rotatable bonds is 9. The molecule has 0 aliphatic carbocycles. The van der Waals surface area contributed by atoms with Crippen molar-refractivity contribution in [1.29, 1.82) is 0 Å². The van der Waals surface area contributed by atoms with Gasteiger partial charge in [0.2, 0.25) is 5.91 Å². The maximum atomic E-state index is 12.8. The fourth-order valence-electron chi connectivity index (χ4n) is 3.26. The molecule has 0 atom stereocenters. The molecule has 1 aliphatic heterocycles.